The van der Waals surface area contributed by atoms with Crippen LogP contribution in [0.15, 0.2) is 46.9 Å². The second-order valence-electron chi connectivity index (χ2n) is 7.09. The lowest BCUT2D eigenvalue weighted by molar-refractivity contribution is -0.117. The Hall–Kier alpha value is -2.86. The van der Waals surface area contributed by atoms with Crippen LogP contribution in [-0.2, 0) is 9.59 Å². The van der Waals surface area contributed by atoms with Crippen LogP contribution < -0.4 is 10.6 Å². The molecule has 0 bridgehead atoms. The third kappa shape index (κ3) is 5.57. The smallest absolute Gasteiger partial charge is 0.244 e. The first-order valence-corrected chi connectivity index (χ1v) is 9.65. The molecule has 0 radical (unpaired) electrons. The van der Waals surface area contributed by atoms with Gasteiger partial charge >= 0.3 is 0 Å². The monoisotopic (exact) mass is 381 g/mol. The van der Waals surface area contributed by atoms with Crippen LogP contribution in [0.1, 0.15) is 42.9 Å². The van der Waals surface area contributed by atoms with Gasteiger partial charge in [0.2, 0.25) is 11.8 Å². The summed E-state index contributed by atoms with van der Waals surface area (Å²) in [6.45, 7) is 5.96. The van der Waals surface area contributed by atoms with Crippen LogP contribution in [0.3, 0.4) is 0 Å². The second kappa shape index (κ2) is 9.37. The molecule has 6 nitrogen and oxygen atoms in total. The Kier molecular flexibility index (Phi) is 6.66. The van der Waals surface area contributed by atoms with E-state index in [-0.39, 0.29) is 17.9 Å². The van der Waals surface area contributed by atoms with Gasteiger partial charge in [-0.1, -0.05) is 12.1 Å². The number of furan rings is 1. The van der Waals surface area contributed by atoms with Gasteiger partial charge in [-0.3, -0.25) is 14.5 Å². The number of amides is 2. The zero-order valence-electron chi connectivity index (χ0n) is 16.4. The fraction of sp³-hybridized carbons (Fsp3) is 0.364. The van der Waals surface area contributed by atoms with Gasteiger partial charge in [0.05, 0.1) is 6.04 Å². The van der Waals surface area contributed by atoms with Crippen molar-refractivity contribution in [3.63, 3.8) is 0 Å². The molecule has 2 N–H and O–H groups in total. The fourth-order valence-electron chi connectivity index (χ4n) is 3.40. The van der Waals surface area contributed by atoms with Gasteiger partial charge in [-0.15, -0.1) is 0 Å². The van der Waals surface area contributed by atoms with Gasteiger partial charge < -0.3 is 15.1 Å². The van der Waals surface area contributed by atoms with E-state index in [1.165, 1.54) is 25.8 Å². The molecule has 6 heteroatoms. The third-order valence-corrected chi connectivity index (χ3v) is 4.80. The molecule has 1 aromatic carbocycles. The van der Waals surface area contributed by atoms with Crippen LogP contribution in [0, 0.1) is 6.92 Å². The Morgan fingerprint density at radius 2 is 1.86 bits per heavy atom. The summed E-state index contributed by atoms with van der Waals surface area (Å²) >= 11 is 0. The molecule has 1 atom stereocenters. The summed E-state index contributed by atoms with van der Waals surface area (Å²) in [6, 6.07) is 11.3. The van der Waals surface area contributed by atoms with Crippen LogP contribution >= 0.6 is 0 Å². The number of nitrogens with zero attached hydrogens (tertiary/aromatic N) is 1. The minimum Gasteiger partial charge on any atom is -0.465 e. The summed E-state index contributed by atoms with van der Waals surface area (Å²) < 4.78 is 5.82. The van der Waals surface area contributed by atoms with Gasteiger partial charge in [-0.2, -0.15) is 0 Å². The largest absolute Gasteiger partial charge is 0.465 e. The number of hydrogen-bond acceptors (Lipinski definition) is 4. The van der Waals surface area contributed by atoms with Crippen molar-refractivity contribution in [2.45, 2.75) is 32.7 Å². The molecule has 1 saturated heterocycles. The molecule has 2 heterocycles. The van der Waals surface area contributed by atoms with Crippen molar-refractivity contribution in [2.75, 3.05) is 25.0 Å². The van der Waals surface area contributed by atoms with E-state index >= 15 is 0 Å². The Bertz CT molecular complexity index is 833. The molecule has 148 valence electrons. The van der Waals surface area contributed by atoms with Gasteiger partial charge in [0, 0.05) is 25.2 Å². The first-order valence-electron chi connectivity index (χ1n) is 9.65. The average molecular weight is 381 g/mol. The summed E-state index contributed by atoms with van der Waals surface area (Å²) in [7, 11) is 0. The Balaban J connectivity index is 1.56. The normalized spacial score (nSPS) is 15.6. The molecule has 1 aliphatic heterocycles. The highest BCUT2D eigenvalue weighted by Gasteiger charge is 2.26. The molecule has 1 fully saturated rings. The molecule has 28 heavy (non-hydrogen) atoms. The number of likely N-dealkylation sites (tertiary alicyclic amines) is 1. The molecule has 3 rings (SSSR count). The van der Waals surface area contributed by atoms with E-state index < -0.39 is 0 Å². The molecule has 1 aliphatic rings. The molecule has 2 aromatic rings. The van der Waals surface area contributed by atoms with Crippen LogP contribution in [0.25, 0.3) is 6.08 Å². The summed E-state index contributed by atoms with van der Waals surface area (Å²) in [5.74, 6) is 1.53. The van der Waals surface area contributed by atoms with Gasteiger partial charge in [0.25, 0.3) is 0 Å². The first kappa shape index (κ1) is 19.9. The number of carbonyl (C=O) groups is 2. The summed E-state index contributed by atoms with van der Waals surface area (Å²) in [6.07, 6.45) is 5.65. The van der Waals surface area contributed by atoms with Crippen molar-refractivity contribution in [3.8, 4) is 0 Å². The van der Waals surface area contributed by atoms with Crippen LogP contribution in [0.2, 0.25) is 0 Å². The minimum atomic E-state index is -0.140. The van der Waals surface area contributed by atoms with E-state index in [0.29, 0.717) is 6.54 Å². The maximum atomic E-state index is 12.3. The zero-order valence-corrected chi connectivity index (χ0v) is 16.4. The summed E-state index contributed by atoms with van der Waals surface area (Å²) in [4.78, 5) is 25.7. The highest BCUT2D eigenvalue weighted by Crippen LogP contribution is 2.26. The van der Waals surface area contributed by atoms with Crippen molar-refractivity contribution >= 4 is 23.6 Å². The fourth-order valence-corrected chi connectivity index (χ4v) is 3.40. The zero-order chi connectivity index (χ0) is 19.9. The molecule has 0 saturated carbocycles. The SMILES string of the molecule is CC(=O)Nc1ccc(C=CC(=O)NCC(c2ccc(C)o2)N2CCCC2)cc1. The minimum absolute atomic E-state index is 0.0606. The lowest BCUT2D eigenvalue weighted by atomic mass is 10.1. The molecule has 1 aromatic heterocycles. The lowest BCUT2D eigenvalue weighted by Crippen LogP contribution is -2.36. The number of hydrogen-bond donors (Lipinski definition) is 2. The van der Waals surface area contributed by atoms with E-state index in [1.807, 2.05) is 43.3 Å². The molecule has 2 amide bonds. The van der Waals surface area contributed by atoms with E-state index in [4.69, 9.17) is 4.42 Å². The van der Waals surface area contributed by atoms with E-state index in [9.17, 15) is 9.59 Å². The van der Waals surface area contributed by atoms with Gasteiger partial charge in [0.1, 0.15) is 11.5 Å². The van der Waals surface area contributed by atoms with Gasteiger partial charge in [0.15, 0.2) is 0 Å². The maximum Gasteiger partial charge on any atom is 0.244 e. The maximum absolute atomic E-state index is 12.3. The second-order valence-corrected chi connectivity index (χ2v) is 7.09. The van der Waals surface area contributed by atoms with Crippen molar-refractivity contribution < 1.29 is 14.0 Å². The molecule has 0 aliphatic carbocycles. The van der Waals surface area contributed by atoms with Crippen LogP contribution in [-0.4, -0.2) is 36.3 Å². The van der Waals surface area contributed by atoms with Gasteiger partial charge in [-0.05, 0) is 68.8 Å². The highest BCUT2D eigenvalue weighted by atomic mass is 16.3. The average Bonchev–Trinajstić information content (AvgIpc) is 3.33. The number of carbonyl (C=O) groups excluding carboxylic acids is 2. The van der Waals surface area contributed by atoms with Crippen molar-refractivity contribution in [2.24, 2.45) is 0 Å². The molecular weight excluding hydrogens is 354 g/mol. The highest BCUT2D eigenvalue weighted by molar-refractivity contribution is 5.92. The first-order chi connectivity index (χ1) is 13.5. The molecule has 1 unspecified atom stereocenters. The van der Waals surface area contributed by atoms with Crippen LogP contribution in [0.4, 0.5) is 5.69 Å². The van der Waals surface area contributed by atoms with Crippen LogP contribution in [0.5, 0.6) is 0 Å². The Morgan fingerprint density at radius 1 is 1.14 bits per heavy atom. The lowest BCUT2D eigenvalue weighted by Gasteiger charge is -2.25. The Morgan fingerprint density at radius 3 is 2.46 bits per heavy atom. The number of aryl methyl sites for hydroxylation is 1. The van der Waals surface area contributed by atoms with E-state index in [1.54, 1.807) is 6.08 Å². The number of anilines is 1. The number of benzene rings is 1. The van der Waals surface area contributed by atoms with Crippen molar-refractivity contribution in [1.82, 2.24) is 10.2 Å². The van der Waals surface area contributed by atoms with E-state index in [0.717, 1.165) is 35.9 Å². The summed E-state index contributed by atoms with van der Waals surface area (Å²) in [5, 5.41) is 5.71. The van der Waals surface area contributed by atoms with E-state index in [2.05, 4.69) is 15.5 Å². The number of rotatable bonds is 7. The van der Waals surface area contributed by atoms with Gasteiger partial charge in [-0.25, -0.2) is 0 Å². The molecule has 0 spiro atoms. The summed E-state index contributed by atoms with van der Waals surface area (Å²) in [5.41, 5.74) is 1.62. The number of nitrogens with one attached hydrogen (secondary N) is 2. The quantitative estimate of drug-likeness (QED) is 0.720. The molecular formula is C22H27N3O3. The predicted molar refractivity (Wildman–Crippen MR) is 110 cm³/mol. The third-order valence-electron chi connectivity index (χ3n) is 4.80. The predicted octanol–water partition coefficient (Wildman–Crippen LogP) is 3.51. The van der Waals surface area contributed by atoms with Crippen molar-refractivity contribution in [1.29, 1.82) is 0 Å². The standard InChI is InChI=1S/C22H27N3O3/c1-16-5-11-21(28-16)20(25-13-3-4-14-25)15-23-22(27)12-8-18-6-9-19(10-7-18)24-17(2)26/h5-12,20H,3-4,13-15H2,1-2H3,(H,23,27)(H,24,26). The topological polar surface area (TPSA) is 74.6 Å². The Labute approximate surface area is 165 Å². The van der Waals surface area contributed by atoms with Crippen molar-refractivity contribution in [3.05, 3.63) is 59.6 Å².